The van der Waals surface area contributed by atoms with Gasteiger partial charge in [0.2, 0.25) is 0 Å². The average Bonchev–Trinajstić information content (AvgIpc) is 2.24. The SMILES string of the molecule is N#Cc1ccc(CCl)c(S(=O)(=O)Cl)c1C(F)(F)F. The van der Waals surface area contributed by atoms with Gasteiger partial charge in [0, 0.05) is 16.6 Å². The first-order chi connectivity index (χ1) is 8.12. The van der Waals surface area contributed by atoms with Gasteiger partial charge in [-0.15, -0.1) is 11.6 Å². The molecule has 0 heterocycles. The zero-order valence-corrected chi connectivity index (χ0v) is 10.8. The van der Waals surface area contributed by atoms with Crippen LogP contribution < -0.4 is 0 Å². The number of rotatable bonds is 2. The number of hydrogen-bond donors (Lipinski definition) is 0. The summed E-state index contributed by atoms with van der Waals surface area (Å²) < 4.78 is 61.0. The van der Waals surface area contributed by atoms with E-state index in [1.807, 2.05) is 0 Å². The summed E-state index contributed by atoms with van der Waals surface area (Å²) in [6, 6.07) is 3.16. The first-order valence-corrected chi connectivity index (χ1v) is 7.11. The highest BCUT2D eigenvalue weighted by Gasteiger charge is 2.40. The van der Waals surface area contributed by atoms with Crippen LogP contribution in [0.15, 0.2) is 17.0 Å². The van der Waals surface area contributed by atoms with Crippen molar-refractivity contribution in [2.45, 2.75) is 17.0 Å². The summed E-state index contributed by atoms with van der Waals surface area (Å²) in [4.78, 5) is -1.16. The van der Waals surface area contributed by atoms with E-state index in [-0.39, 0.29) is 5.56 Å². The van der Waals surface area contributed by atoms with Crippen LogP contribution in [0.4, 0.5) is 13.2 Å². The summed E-state index contributed by atoms with van der Waals surface area (Å²) in [5, 5.41) is 8.61. The largest absolute Gasteiger partial charge is 0.419 e. The lowest BCUT2D eigenvalue weighted by Crippen LogP contribution is -2.15. The van der Waals surface area contributed by atoms with E-state index >= 15 is 0 Å². The standard InChI is InChI=1S/C9H4Cl2F3NO2S/c10-3-5-1-2-6(4-15)7(9(12,13)14)8(5)18(11,16)17/h1-2H,3H2. The Morgan fingerprint density at radius 2 is 1.89 bits per heavy atom. The predicted molar refractivity (Wildman–Crippen MR) is 58.8 cm³/mol. The van der Waals surface area contributed by atoms with Gasteiger partial charge in [0.1, 0.15) is 4.90 Å². The van der Waals surface area contributed by atoms with Crippen molar-refractivity contribution < 1.29 is 21.6 Å². The fourth-order valence-electron chi connectivity index (χ4n) is 1.38. The maximum atomic E-state index is 12.8. The number of alkyl halides is 4. The van der Waals surface area contributed by atoms with Gasteiger partial charge in [-0.25, -0.2) is 8.42 Å². The Kier molecular flexibility index (Phi) is 4.15. The minimum absolute atomic E-state index is 0.307. The van der Waals surface area contributed by atoms with Crippen molar-refractivity contribution in [1.82, 2.24) is 0 Å². The van der Waals surface area contributed by atoms with Crippen molar-refractivity contribution in [1.29, 1.82) is 5.26 Å². The van der Waals surface area contributed by atoms with E-state index in [1.54, 1.807) is 0 Å². The van der Waals surface area contributed by atoms with Crippen molar-refractivity contribution in [3.8, 4) is 6.07 Å². The second kappa shape index (κ2) is 4.96. The van der Waals surface area contributed by atoms with E-state index in [9.17, 15) is 21.6 Å². The van der Waals surface area contributed by atoms with E-state index < -0.39 is 37.1 Å². The quantitative estimate of drug-likeness (QED) is 0.621. The van der Waals surface area contributed by atoms with Gasteiger partial charge < -0.3 is 0 Å². The van der Waals surface area contributed by atoms with E-state index in [2.05, 4.69) is 0 Å². The van der Waals surface area contributed by atoms with Crippen molar-refractivity contribution in [3.63, 3.8) is 0 Å². The van der Waals surface area contributed by atoms with Crippen LogP contribution in [-0.2, 0) is 21.1 Å². The Morgan fingerprint density at radius 1 is 1.33 bits per heavy atom. The molecule has 0 unspecified atom stereocenters. The summed E-state index contributed by atoms with van der Waals surface area (Å²) in [6.45, 7) is 0. The monoisotopic (exact) mass is 317 g/mol. The minimum Gasteiger partial charge on any atom is -0.207 e. The molecule has 0 fully saturated rings. The molecule has 0 amide bonds. The number of benzene rings is 1. The third-order valence-electron chi connectivity index (χ3n) is 2.03. The number of hydrogen-bond acceptors (Lipinski definition) is 3. The molecule has 1 aromatic carbocycles. The molecule has 0 N–H and O–H groups in total. The summed E-state index contributed by atoms with van der Waals surface area (Å²) in [5.74, 6) is -0.476. The lowest BCUT2D eigenvalue weighted by atomic mass is 10.0. The van der Waals surface area contributed by atoms with Crippen LogP contribution in [0.1, 0.15) is 16.7 Å². The Morgan fingerprint density at radius 3 is 2.22 bits per heavy atom. The van der Waals surface area contributed by atoms with Crippen LogP contribution in [0.3, 0.4) is 0 Å². The molecule has 0 aliphatic rings. The van der Waals surface area contributed by atoms with Crippen LogP contribution in [0.5, 0.6) is 0 Å². The van der Waals surface area contributed by atoms with Crippen LogP contribution >= 0.6 is 22.3 Å². The van der Waals surface area contributed by atoms with Gasteiger partial charge in [0.15, 0.2) is 0 Å². The van der Waals surface area contributed by atoms with Crippen molar-refractivity contribution >= 4 is 31.3 Å². The van der Waals surface area contributed by atoms with Gasteiger partial charge in [0.05, 0.1) is 17.2 Å². The van der Waals surface area contributed by atoms with E-state index in [1.165, 1.54) is 6.07 Å². The first kappa shape index (κ1) is 15.1. The Hall–Kier alpha value is -0.970. The summed E-state index contributed by atoms with van der Waals surface area (Å²) >= 11 is 5.38. The second-order valence-corrected chi connectivity index (χ2v) is 5.93. The molecular weight excluding hydrogens is 314 g/mol. The molecule has 1 aromatic rings. The van der Waals surface area contributed by atoms with Gasteiger partial charge in [0.25, 0.3) is 9.05 Å². The summed E-state index contributed by atoms with van der Waals surface area (Å²) in [5.41, 5.74) is -2.72. The topological polar surface area (TPSA) is 57.9 Å². The molecule has 0 bridgehead atoms. The second-order valence-electron chi connectivity index (χ2n) is 3.16. The maximum Gasteiger partial charge on any atom is 0.419 e. The zero-order chi connectivity index (χ0) is 14.1. The van der Waals surface area contributed by atoms with E-state index in [0.717, 1.165) is 12.1 Å². The molecule has 0 radical (unpaired) electrons. The highest BCUT2D eigenvalue weighted by atomic mass is 35.7. The molecule has 3 nitrogen and oxygen atoms in total. The molecule has 0 spiro atoms. The molecule has 1 rings (SSSR count). The molecule has 0 saturated heterocycles. The molecule has 9 heteroatoms. The van der Waals surface area contributed by atoms with Gasteiger partial charge in [-0.1, -0.05) is 6.07 Å². The number of nitrogens with zero attached hydrogens (tertiary/aromatic N) is 1. The van der Waals surface area contributed by atoms with Crippen LogP contribution in [0, 0.1) is 11.3 Å². The van der Waals surface area contributed by atoms with Gasteiger partial charge >= 0.3 is 6.18 Å². The number of halogens is 5. The van der Waals surface area contributed by atoms with E-state index in [4.69, 9.17) is 27.5 Å². The minimum atomic E-state index is -5.02. The molecule has 0 aliphatic carbocycles. The predicted octanol–water partition coefficient (Wildman–Crippen LogP) is 3.24. The summed E-state index contributed by atoms with van der Waals surface area (Å²) in [6.07, 6.45) is -5.02. The van der Waals surface area contributed by atoms with E-state index in [0.29, 0.717) is 0 Å². The molecule has 0 aliphatic heterocycles. The Labute approximate surface area is 110 Å². The maximum absolute atomic E-state index is 12.8. The lowest BCUT2D eigenvalue weighted by Gasteiger charge is -2.15. The van der Waals surface area contributed by atoms with Gasteiger partial charge in [-0.05, 0) is 11.6 Å². The number of nitriles is 1. The Balaban J connectivity index is 3.90. The molecule has 18 heavy (non-hydrogen) atoms. The van der Waals surface area contributed by atoms with Crippen molar-refractivity contribution in [2.24, 2.45) is 0 Å². The lowest BCUT2D eigenvalue weighted by molar-refractivity contribution is -0.140. The van der Waals surface area contributed by atoms with Crippen molar-refractivity contribution in [2.75, 3.05) is 0 Å². The smallest absolute Gasteiger partial charge is 0.207 e. The molecule has 0 atom stereocenters. The fourth-order valence-corrected chi connectivity index (χ4v) is 3.14. The van der Waals surface area contributed by atoms with Crippen LogP contribution in [0.2, 0.25) is 0 Å². The van der Waals surface area contributed by atoms with Crippen LogP contribution in [-0.4, -0.2) is 8.42 Å². The molecule has 0 aromatic heterocycles. The molecular formula is C9H4Cl2F3NO2S. The molecule has 0 saturated carbocycles. The average molecular weight is 318 g/mol. The Bertz CT molecular complexity index is 620. The highest BCUT2D eigenvalue weighted by molar-refractivity contribution is 8.13. The highest BCUT2D eigenvalue weighted by Crippen LogP contribution is 2.39. The van der Waals surface area contributed by atoms with Gasteiger partial charge in [-0.2, -0.15) is 18.4 Å². The van der Waals surface area contributed by atoms with Gasteiger partial charge in [-0.3, -0.25) is 0 Å². The zero-order valence-electron chi connectivity index (χ0n) is 8.42. The fraction of sp³-hybridized carbons (Fsp3) is 0.222. The first-order valence-electron chi connectivity index (χ1n) is 4.26. The summed E-state index contributed by atoms with van der Waals surface area (Å²) in [7, 11) is 0.311. The normalized spacial score (nSPS) is 12.2. The third kappa shape index (κ3) is 2.88. The molecule has 98 valence electrons. The van der Waals surface area contributed by atoms with Crippen molar-refractivity contribution in [3.05, 3.63) is 28.8 Å². The third-order valence-corrected chi connectivity index (χ3v) is 3.74. The van der Waals surface area contributed by atoms with Crippen LogP contribution in [0.25, 0.3) is 0 Å².